The van der Waals surface area contributed by atoms with Gasteiger partial charge in [-0.15, -0.1) is 0 Å². The number of hydrogen-bond acceptors (Lipinski definition) is 3. The van der Waals surface area contributed by atoms with E-state index in [1.807, 2.05) is 24.3 Å². The van der Waals surface area contributed by atoms with Crippen LogP contribution >= 0.6 is 0 Å². The van der Waals surface area contributed by atoms with Crippen LogP contribution in [0, 0.1) is 0 Å². The lowest BCUT2D eigenvalue weighted by molar-refractivity contribution is -0.114. The van der Waals surface area contributed by atoms with Gasteiger partial charge in [0, 0.05) is 32.3 Å². The minimum absolute atomic E-state index is 0.0441. The van der Waals surface area contributed by atoms with E-state index >= 15 is 0 Å². The highest BCUT2D eigenvalue weighted by molar-refractivity contribution is 5.88. The summed E-state index contributed by atoms with van der Waals surface area (Å²) in [4.78, 5) is 10.9. The molecule has 2 N–H and O–H groups in total. The van der Waals surface area contributed by atoms with Gasteiger partial charge in [-0.05, 0) is 31.0 Å². The van der Waals surface area contributed by atoms with E-state index < -0.39 is 0 Å². The van der Waals surface area contributed by atoms with Gasteiger partial charge in [0.05, 0.1) is 6.61 Å². The van der Waals surface area contributed by atoms with E-state index in [0.29, 0.717) is 6.04 Å². The molecule has 4 heteroatoms. The van der Waals surface area contributed by atoms with Crippen molar-refractivity contribution < 1.29 is 9.53 Å². The topological polar surface area (TPSA) is 50.4 Å². The third-order valence-corrected chi connectivity index (χ3v) is 2.62. The van der Waals surface area contributed by atoms with Gasteiger partial charge in [0.15, 0.2) is 0 Å². The number of benzene rings is 1. The predicted octanol–water partition coefficient (Wildman–Crippen LogP) is 1.81. The number of nitrogens with one attached hydrogen (secondary N) is 2. The first kappa shape index (κ1) is 14.7. The molecular formula is C14H22N2O2. The highest BCUT2D eigenvalue weighted by Crippen LogP contribution is 2.11. The Morgan fingerprint density at radius 3 is 2.56 bits per heavy atom. The van der Waals surface area contributed by atoms with E-state index in [9.17, 15) is 4.79 Å². The number of anilines is 1. The highest BCUT2D eigenvalue weighted by Gasteiger charge is 2.03. The van der Waals surface area contributed by atoms with Crippen LogP contribution in [-0.4, -0.2) is 32.2 Å². The molecule has 0 aliphatic rings. The summed E-state index contributed by atoms with van der Waals surface area (Å²) >= 11 is 0. The molecule has 1 aromatic rings. The molecule has 0 aliphatic heterocycles. The predicted molar refractivity (Wildman–Crippen MR) is 73.8 cm³/mol. The van der Waals surface area contributed by atoms with Gasteiger partial charge in [-0.1, -0.05) is 12.1 Å². The average molecular weight is 250 g/mol. The maximum absolute atomic E-state index is 10.9. The summed E-state index contributed by atoms with van der Waals surface area (Å²) in [7, 11) is 1.70. The molecule has 0 aliphatic carbocycles. The van der Waals surface area contributed by atoms with Crippen molar-refractivity contribution in [3.8, 4) is 0 Å². The van der Waals surface area contributed by atoms with Crippen LogP contribution in [0.15, 0.2) is 24.3 Å². The molecule has 0 aromatic heterocycles. The van der Waals surface area contributed by atoms with Gasteiger partial charge in [-0.25, -0.2) is 0 Å². The molecule has 1 rings (SSSR count). The van der Waals surface area contributed by atoms with Gasteiger partial charge in [0.1, 0.15) is 0 Å². The molecule has 0 spiro atoms. The molecule has 0 saturated carbocycles. The van der Waals surface area contributed by atoms with Crippen LogP contribution in [0.5, 0.6) is 0 Å². The SMILES string of the molecule is COCCNC(C)Cc1ccc(NC(C)=O)cc1. The van der Waals surface area contributed by atoms with Crippen molar-refractivity contribution in [3.05, 3.63) is 29.8 Å². The quantitative estimate of drug-likeness (QED) is 0.726. The molecule has 1 atom stereocenters. The zero-order valence-corrected chi connectivity index (χ0v) is 11.3. The largest absolute Gasteiger partial charge is 0.383 e. The van der Waals surface area contributed by atoms with Crippen molar-refractivity contribution in [2.24, 2.45) is 0 Å². The van der Waals surface area contributed by atoms with Crippen molar-refractivity contribution in [2.45, 2.75) is 26.3 Å². The van der Waals surface area contributed by atoms with Crippen molar-refractivity contribution in [2.75, 3.05) is 25.6 Å². The molecule has 1 amide bonds. The zero-order valence-electron chi connectivity index (χ0n) is 11.3. The fourth-order valence-electron chi connectivity index (χ4n) is 1.76. The summed E-state index contributed by atoms with van der Waals surface area (Å²) in [5.41, 5.74) is 2.09. The molecular weight excluding hydrogens is 228 g/mol. The number of carbonyl (C=O) groups excluding carboxylic acids is 1. The van der Waals surface area contributed by atoms with E-state index in [-0.39, 0.29) is 5.91 Å². The second-order valence-corrected chi connectivity index (χ2v) is 4.43. The van der Waals surface area contributed by atoms with Crippen molar-refractivity contribution in [1.29, 1.82) is 0 Å². The Labute approximate surface area is 109 Å². The Balaban J connectivity index is 2.40. The number of ether oxygens (including phenoxy) is 1. The van der Waals surface area contributed by atoms with Crippen LogP contribution < -0.4 is 10.6 Å². The minimum Gasteiger partial charge on any atom is -0.383 e. The number of amides is 1. The van der Waals surface area contributed by atoms with Gasteiger partial charge < -0.3 is 15.4 Å². The third-order valence-electron chi connectivity index (χ3n) is 2.62. The molecule has 4 nitrogen and oxygen atoms in total. The number of rotatable bonds is 7. The van der Waals surface area contributed by atoms with Crippen LogP contribution in [0.2, 0.25) is 0 Å². The van der Waals surface area contributed by atoms with Crippen LogP contribution in [0.25, 0.3) is 0 Å². The first-order chi connectivity index (χ1) is 8.61. The van der Waals surface area contributed by atoms with Crippen LogP contribution in [0.3, 0.4) is 0 Å². The van der Waals surface area contributed by atoms with Gasteiger partial charge in [0.25, 0.3) is 0 Å². The fourth-order valence-corrected chi connectivity index (χ4v) is 1.76. The smallest absolute Gasteiger partial charge is 0.221 e. The monoisotopic (exact) mass is 250 g/mol. The molecule has 1 unspecified atom stereocenters. The lowest BCUT2D eigenvalue weighted by Gasteiger charge is -2.13. The first-order valence-electron chi connectivity index (χ1n) is 6.20. The Morgan fingerprint density at radius 1 is 1.33 bits per heavy atom. The Morgan fingerprint density at radius 2 is 2.00 bits per heavy atom. The fraction of sp³-hybridized carbons (Fsp3) is 0.500. The van der Waals surface area contributed by atoms with Crippen LogP contribution in [0.4, 0.5) is 5.69 Å². The zero-order chi connectivity index (χ0) is 13.4. The molecule has 1 aromatic carbocycles. The number of methoxy groups -OCH3 is 1. The van der Waals surface area contributed by atoms with Crippen molar-refractivity contribution >= 4 is 11.6 Å². The van der Waals surface area contributed by atoms with Gasteiger partial charge in [-0.2, -0.15) is 0 Å². The van der Waals surface area contributed by atoms with E-state index in [0.717, 1.165) is 25.3 Å². The van der Waals surface area contributed by atoms with E-state index in [2.05, 4.69) is 17.6 Å². The number of hydrogen-bond donors (Lipinski definition) is 2. The lowest BCUT2D eigenvalue weighted by atomic mass is 10.1. The van der Waals surface area contributed by atoms with Gasteiger partial charge in [0.2, 0.25) is 5.91 Å². The summed E-state index contributed by atoms with van der Waals surface area (Å²) < 4.78 is 4.99. The summed E-state index contributed by atoms with van der Waals surface area (Å²) in [6.07, 6.45) is 0.962. The molecule has 0 radical (unpaired) electrons. The summed E-state index contributed by atoms with van der Waals surface area (Å²) in [6, 6.07) is 8.35. The number of carbonyl (C=O) groups is 1. The second-order valence-electron chi connectivity index (χ2n) is 4.43. The first-order valence-corrected chi connectivity index (χ1v) is 6.20. The molecule has 0 saturated heterocycles. The van der Waals surface area contributed by atoms with Gasteiger partial charge >= 0.3 is 0 Å². The van der Waals surface area contributed by atoms with Crippen LogP contribution in [0.1, 0.15) is 19.4 Å². The van der Waals surface area contributed by atoms with Crippen molar-refractivity contribution in [1.82, 2.24) is 5.32 Å². The Bertz CT molecular complexity index is 363. The normalized spacial score (nSPS) is 12.2. The molecule has 100 valence electrons. The lowest BCUT2D eigenvalue weighted by Crippen LogP contribution is -2.30. The summed E-state index contributed by atoms with van der Waals surface area (Å²) in [5.74, 6) is -0.0441. The van der Waals surface area contributed by atoms with E-state index in [1.165, 1.54) is 12.5 Å². The van der Waals surface area contributed by atoms with Crippen molar-refractivity contribution in [3.63, 3.8) is 0 Å². The average Bonchev–Trinajstić information content (AvgIpc) is 2.31. The molecule has 0 fully saturated rings. The summed E-state index contributed by atoms with van der Waals surface area (Å²) in [5, 5.41) is 6.14. The Hall–Kier alpha value is -1.39. The third kappa shape index (κ3) is 5.80. The summed E-state index contributed by atoms with van der Waals surface area (Å²) in [6.45, 7) is 5.25. The molecule has 0 bridgehead atoms. The Kier molecular flexibility index (Phi) is 6.39. The standard InChI is InChI=1S/C14H22N2O2/c1-11(15-8-9-18-3)10-13-4-6-14(7-5-13)16-12(2)17/h4-7,11,15H,8-10H2,1-3H3,(H,16,17). The molecule has 18 heavy (non-hydrogen) atoms. The highest BCUT2D eigenvalue weighted by atomic mass is 16.5. The van der Waals surface area contributed by atoms with E-state index in [4.69, 9.17) is 4.74 Å². The maximum atomic E-state index is 10.9. The van der Waals surface area contributed by atoms with E-state index in [1.54, 1.807) is 7.11 Å². The van der Waals surface area contributed by atoms with Crippen LogP contribution in [-0.2, 0) is 16.0 Å². The maximum Gasteiger partial charge on any atom is 0.221 e. The minimum atomic E-state index is -0.0441. The molecule has 0 heterocycles. The second kappa shape index (κ2) is 7.84. The van der Waals surface area contributed by atoms with Gasteiger partial charge in [-0.3, -0.25) is 4.79 Å².